The standard InChI is InChI=1S/C11H11Cl2FO2/c1-7(15)10-4-9(14)2-3-11(10)16-6-8(13)5-12/h2-5,7,15H,6H2,1H3/t7-/m0/s1. The molecule has 0 amide bonds. The maximum atomic E-state index is 12.9. The third-order valence-corrected chi connectivity index (χ3v) is 2.50. The predicted molar refractivity (Wildman–Crippen MR) is 62.3 cm³/mol. The minimum atomic E-state index is -0.815. The lowest BCUT2D eigenvalue weighted by Crippen LogP contribution is -2.02. The van der Waals surface area contributed by atoms with Crippen LogP contribution in [0, 0.1) is 5.82 Å². The molecule has 0 radical (unpaired) electrons. The molecule has 0 bridgehead atoms. The van der Waals surface area contributed by atoms with E-state index in [4.69, 9.17) is 27.9 Å². The fourth-order valence-corrected chi connectivity index (χ4v) is 1.27. The van der Waals surface area contributed by atoms with Crippen LogP contribution >= 0.6 is 23.2 Å². The summed E-state index contributed by atoms with van der Waals surface area (Å²) in [5, 5.41) is 9.75. The van der Waals surface area contributed by atoms with Crippen LogP contribution in [-0.4, -0.2) is 11.7 Å². The maximum absolute atomic E-state index is 12.9. The van der Waals surface area contributed by atoms with Gasteiger partial charge < -0.3 is 9.84 Å². The van der Waals surface area contributed by atoms with E-state index in [2.05, 4.69) is 0 Å². The van der Waals surface area contributed by atoms with E-state index in [0.717, 1.165) is 0 Å². The molecule has 88 valence electrons. The highest BCUT2D eigenvalue weighted by Gasteiger charge is 2.10. The van der Waals surface area contributed by atoms with Crippen LogP contribution in [0.2, 0.25) is 0 Å². The van der Waals surface area contributed by atoms with Crippen molar-refractivity contribution in [2.45, 2.75) is 13.0 Å². The molecule has 1 aromatic rings. The number of ether oxygens (including phenoxy) is 1. The number of benzene rings is 1. The first-order valence-electron chi connectivity index (χ1n) is 4.59. The zero-order valence-electron chi connectivity index (χ0n) is 8.58. The summed E-state index contributed by atoms with van der Waals surface area (Å²) in [5.74, 6) is -0.0460. The van der Waals surface area contributed by atoms with Gasteiger partial charge in [-0.3, -0.25) is 0 Å². The van der Waals surface area contributed by atoms with Crippen molar-refractivity contribution in [1.29, 1.82) is 0 Å². The Bertz CT molecular complexity index is 392. The van der Waals surface area contributed by atoms with Crippen LogP contribution in [-0.2, 0) is 0 Å². The molecule has 1 rings (SSSR count). The molecular weight excluding hydrogens is 254 g/mol. The SMILES string of the molecule is C[C@H](O)c1cc(F)ccc1OCC(Cl)=CCl. The Labute approximate surface area is 103 Å². The van der Waals surface area contributed by atoms with Gasteiger partial charge in [0, 0.05) is 11.1 Å². The Morgan fingerprint density at radius 3 is 2.88 bits per heavy atom. The molecule has 1 N–H and O–H groups in total. The van der Waals surface area contributed by atoms with Gasteiger partial charge in [-0.25, -0.2) is 4.39 Å². The van der Waals surface area contributed by atoms with Gasteiger partial charge in [-0.2, -0.15) is 0 Å². The van der Waals surface area contributed by atoms with E-state index in [1.54, 1.807) is 0 Å². The van der Waals surface area contributed by atoms with E-state index in [-0.39, 0.29) is 6.61 Å². The van der Waals surface area contributed by atoms with E-state index in [9.17, 15) is 9.50 Å². The van der Waals surface area contributed by atoms with Crippen molar-refractivity contribution in [3.63, 3.8) is 0 Å². The average molecular weight is 265 g/mol. The van der Waals surface area contributed by atoms with Crippen molar-refractivity contribution in [3.8, 4) is 5.75 Å². The quantitative estimate of drug-likeness (QED) is 0.901. The van der Waals surface area contributed by atoms with Gasteiger partial charge in [0.1, 0.15) is 18.2 Å². The summed E-state index contributed by atoms with van der Waals surface area (Å²) in [7, 11) is 0. The molecule has 0 aliphatic rings. The monoisotopic (exact) mass is 264 g/mol. The van der Waals surface area contributed by atoms with Gasteiger partial charge in [0.15, 0.2) is 0 Å². The van der Waals surface area contributed by atoms with Gasteiger partial charge in [0.05, 0.1) is 11.1 Å². The number of hydrogen-bond acceptors (Lipinski definition) is 2. The Morgan fingerprint density at radius 2 is 2.31 bits per heavy atom. The van der Waals surface area contributed by atoms with Crippen LogP contribution in [0.3, 0.4) is 0 Å². The van der Waals surface area contributed by atoms with Gasteiger partial charge in [-0.1, -0.05) is 23.2 Å². The van der Waals surface area contributed by atoms with Crippen molar-refractivity contribution in [2.75, 3.05) is 6.61 Å². The Kier molecular flexibility index (Phi) is 5.06. The third-order valence-electron chi connectivity index (χ3n) is 1.91. The van der Waals surface area contributed by atoms with Crippen LogP contribution in [0.1, 0.15) is 18.6 Å². The first-order valence-corrected chi connectivity index (χ1v) is 5.41. The third kappa shape index (κ3) is 3.67. The molecule has 0 aromatic heterocycles. The van der Waals surface area contributed by atoms with Gasteiger partial charge >= 0.3 is 0 Å². The summed E-state index contributed by atoms with van der Waals surface area (Å²) in [5.41, 5.74) is 1.56. The lowest BCUT2D eigenvalue weighted by Gasteiger charge is -2.13. The maximum Gasteiger partial charge on any atom is 0.125 e. The van der Waals surface area contributed by atoms with Gasteiger partial charge in [-0.05, 0) is 25.1 Å². The van der Waals surface area contributed by atoms with E-state index >= 15 is 0 Å². The van der Waals surface area contributed by atoms with E-state index in [1.807, 2.05) is 0 Å². The number of aliphatic hydroxyl groups excluding tert-OH is 1. The second kappa shape index (κ2) is 6.09. The Hall–Kier alpha value is -0.770. The van der Waals surface area contributed by atoms with Crippen molar-refractivity contribution in [1.82, 2.24) is 0 Å². The molecule has 0 heterocycles. The largest absolute Gasteiger partial charge is 0.488 e. The summed E-state index contributed by atoms with van der Waals surface area (Å²) >= 11 is 11.0. The van der Waals surface area contributed by atoms with Gasteiger partial charge in [0.2, 0.25) is 0 Å². The Morgan fingerprint density at radius 1 is 1.62 bits per heavy atom. The molecule has 0 saturated heterocycles. The molecule has 0 spiro atoms. The zero-order valence-corrected chi connectivity index (χ0v) is 10.1. The van der Waals surface area contributed by atoms with E-state index in [1.165, 1.54) is 30.7 Å². The fraction of sp³-hybridized carbons (Fsp3) is 0.273. The number of halogens is 3. The molecule has 0 fully saturated rings. The molecule has 1 atom stereocenters. The summed E-state index contributed by atoms with van der Waals surface area (Å²) in [4.78, 5) is 0. The minimum Gasteiger partial charge on any atom is -0.488 e. The summed E-state index contributed by atoms with van der Waals surface area (Å²) in [6.45, 7) is 1.61. The van der Waals surface area contributed by atoms with Crippen molar-refractivity contribution in [2.24, 2.45) is 0 Å². The topological polar surface area (TPSA) is 29.5 Å². The summed E-state index contributed by atoms with van der Waals surface area (Å²) < 4.78 is 18.2. The molecule has 16 heavy (non-hydrogen) atoms. The predicted octanol–water partition coefficient (Wildman–Crippen LogP) is 3.58. The highest BCUT2D eigenvalue weighted by molar-refractivity contribution is 6.36. The second-order valence-electron chi connectivity index (χ2n) is 3.20. The highest BCUT2D eigenvalue weighted by atomic mass is 35.5. The smallest absolute Gasteiger partial charge is 0.125 e. The molecule has 0 unspecified atom stereocenters. The second-order valence-corrected chi connectivity index (χ2v) is 3.91. The zero-order chi connectivity index (χ0) is 12.1. The van der Waals surface area contributed by atoms with Crippen LogP contribution in [0.5, 0.6) is 5.75 Å². The molecule has 1 aromatic carbocycles. The first kappa shape index (κ1) is 13.3. The molecule has 0 aliphatic heterocycles. The van der Waals surface area contributed by atoms with Gasteiger partial charge in [0.25, 0.3) is 0 Å². The fourth-order valence-electron chi connectivity index (χ4n) is 1.16. The van der Waals surface area contributed by atoms with Crippen molar-refractivity contribution in [3.05, 3.63) is 40.1 Å². The first-order chi connectivity index (χ1) is 7.54. The summed E-state index contributed by atoms with van der Waals surface area (Å²) in [6.07, 6.45) is -0.815. The van der Waals surface area contributed by atoms with Gasteiger partial charge in [-0.15, -0.1) is 0 Å². The molecule has 5 heteroatoms. The highest BCUT2D eigenvalue weighted by Crippen LogP contribution is 2.26. The number of rotatable bonds is 4. The average Bonchev–Trinajstić information content (AvgIpc) is 2.26. The Balaban J connectivity index is 2.87. The van der Waals surface area contributed by atoms with Crippen LogP contribution in [0.25, 0.3) is 0 Å². The lowest BCUT2D eigenvalue weighted by atomic mass is 10.1. The lowest BCUT2D eigenvalue weighted by molar-refractivity contribution is 0.192. The molecule has 2 nitrogen and oxygen atoms in total. The number of aliphatic hydroxyl groups is 1. The normalized spacial score (nSPS) is 13.7. The number of hydrogen-bond donors (Lipinski definition) is 1. The van der Waals surface area contributed by atoms with Crippen LogP contribution < -0.4 is 4.74 Å². The van der Waals surface area contributed by atoms with E-state index < -0.39 is 11.9 Å². The van der Waals surface area contributed by atoms with Crippen LogP contribution in [0.15, 0.2) is 28.8 Å². The van der Waals surface area contributed by atoms with Crippen molar-refractivity contribution >= 4 is 23.2 Å². The van der Waals surface area contributed by atoms with E-state index in [0.29, 0.717) is 16.3 Å². The molecule has 0 saturated carbocycles. The molecular formula is C11H11Cl2FO2. The molecule has 0 aliphatic carbocycles. The van der Waals surface area contributed by atoms with Crippen LogP contribution in [0.4, 0.5) is 4.39 Å². The summed E-state index contributed by atoms with van der Waals surface area (Å²) in [6, 6.07) is 3.91. The van der Waals surface area contributed by atoms with Crippen molar-refractivity contribution < 1.29 is 14.2 Å². The minimum absolute atomic E-state index is 0.0798.